The van der Waals surface area contributed by atoms with E-state index in [0.29, 0.717) is 12.2 Å². The van der Waals surface area contributed by atoms with Crippen molar-refractivity contribution in [2.45, 2.75) is 26.9 Å². The number of imidazole rings is 1. The lowest BCUT2D eigenvalue weighted by Gasteiger charge is -2.07. The summed E-state index contributed by atoms with van der Waals surface area (Å²) in [5.41, 5.74) is 1.49. The summed E-state index contributed by atoms with van der Waals surface area (Å²) in [5, 5.41) is 4.21. The fourth-order valence-corrected chi connectivity index (χ4v) is 1.78. The first-order valence-corrected chi connectivity index (χ1v) is 5.77. The first-order chi connectivity index (χ1) is 8.65. The van der Waals surface area contributed by atoms with Gasteiger partial charge in [-0.25, -0.2) is 9.78 Å². The molecule has 0 bridgehead atoms. The predicted octanol–water partition coefficient (Wildman–Crippen LogP) is 1.24. The number of rotatable bonds is 4. The van der Waals surface area contributed by atoms with Crippen LogP contribution in [0.15, 0.2) is 18.6 Å². The smallest absolute Gasteiger partial charge is 0.356 e. The van der Waals surface area contributed by atoms with E-state index in [1.807, 2.05) is 29.3 Å². The molecule has 2 heterocycles. The van der Waals surface area contributed by atoms with Crippen molar-refractivity contribution in [2.24, 2.45) is 0 Å². The third-order valence-corrected chi connectivity index (χ3v) is 2.80. The van der Waals surface area contributed by atoms with E-state index in [9.17, 15) is 4.79 Å². The van der Waals surface area contributed by atoms with Crippen LogP contribution in [0.2, 0.25) is 0 Å². The van der Waals surface area contributed by atoms with Crippen LogP contribution in [-0.2, 0) is 17.8 Å². The zero-order valence-corrected chi connectivity index (χ0v) is 10.8. The zero-order chi connectivity index (χ0) is 13.1. The van der Waals surface area contributed by atoms with Gasteiger partial charge in [0.2, 0.25) is 0 Å². The Morgan fingerprint density at radius 1 is 1.44 bits per heavy atom. The van der Waals surface area contributed by atoms with Crippen molar-refractivity contribution in [3.8, 4) is 0 Å². The summed E-state index contributed by atoms with van der Waals surface area (Å²) >= 11 is 0. The fourth-order valence-electron chi connectivity index (χ4n) is 1.78. The molecule has 0 aliphatic carbocycles. The Balaban J connectivity index is 2.27. The van der Waals surface area contributed by atoms with Gasteiger partial charge < -0.3 is 9.30 Å². The summed E-state index contributed by atoms with van der Waals surface area (Å²) in [5.74, 6) is 0.401. The summed E-state index contributed by atoms with van der Waals surface area (Å²) in [6.45, 7) is 5.28. The van der Waals surface area contributed by atoms with Gasteiger partial charge in [0.15, 0.2) is 0 Å². The topological polar surface area (TPSA) is 61.9 Å². The van der Waals surface area contributed by atoms with Crippen molar-refractivity contribution < 1.29 is 9.53 Å². The van der Waals surface area contributed by atoms with Crippen LogP contribution >= 0.6 is 0 Å². The Labute approximate surface area is 105 Å². The van der Waals surface area contributed by atoms with Gasteiger partial charge in [0.1, 0.15) is 11.5 Å². The van der Waals surface area contributed by atoms with Crippen molar-refractivity contribution in [1.29, 1.82) is 0 Å². The highest BCUT2D eigenvalue weighted by molar-refractivity contribution is 5.87. The van der Waals surface area contributed by atoms with Crippen LogP contribution in [-0.4, -0.2) is 32.4 Å². The third-order valence-electron chi connectivity index (χ3n) is 2.80. The maximum absolute atomic E-state index is 11.6. The molecule has 0 N–H and O–H groups in total. The van der Waals surface area contributed by atoms with E-state index in [1.54, 1.807) is 6.20 Å². The van der Waals surface area contributed by atoms with Gasteiger partial charge in [-0.15, -0.1) is 0 Å². The van der Waals surface area contributed by atoms with Crippen molar-refractivity contribution in [3.63, 3.8) is 0 Å². The van der Waals surface area contributed by atoms with Gasteiger partial charge in [0, 0.05) is 18.3 Å². The molecule has 0 fully saturated rings. The number of methoxy groups -OCH3 is 1. The number of hydrogen-bond donors (Lipinski definition) is 0. The number of ether oxygens (including phenoxy) is 1. The SMILES string of the molecule is CCn1cc(Cn2c(C(=O)OC)cnc2C)cn1. The number of carbonyl (C=O) groups is 1. The molecule has 0 aliphatic heterocycles. The summed E-state index contributed by atoms with van der Waals surface area (Å²) in [7, 11) is 1.37. The predicted molar refractivity (Wildman–Crippen MR) is 65.3 cm³/mol. The van der Waals surface area contributed by atoms with Crippen LogP contribution in [0.3, 0.4) is 0 Å². The molecule has 0 radical (unpaired) electrons. The third kappa shape index (κ3) is 2.27. The highest BCUT2D eigenvalue weighted by atomic mass is 16.5. The molecule has 2 rings (SSSR count). The van der Waals surface area contributed by atoms with Crippen LogP contribution in [0.1, 0.15) is 28.8 Å². The van der Waals surface area contributed by atoms with Crippen molar-refractivity contribution in [1.82, 2.24) is 19.3 Å². The molecule has 18 heavy (non-hydrogen) atoms. The van der Waals surface area contributed by atoms with E-state index >= 15 is 0 Å². The number of aromatic nitrogens is 4. The van der Waals surface area contributed by atoms with Gasteiger partial charge in [0.05, 0.1) is 26.0 Å². The summed E-state index contributed by atoms with van der Waals surface area (Å²) < 4.78 is 8.40. The fraction of sp³-hybridized carbons (Fsp3) is 0.417. The minimum atomic E-state index is -0.376. The standard InChI is InChI=1S/C12H16N4O2/c1-4-15-7-10(5-14-15)8-16-9(2)13-6-11(16)12(17)18-3/h5-7H,4,8H2,1-3H3. The minimum absolute atomic E-state index is 0.376. The second-order valence-corrected chi connectivity index (χ2v) is 3.97. The highest BCUT2D eigenvalue weighted by Crippen LogP contribution is 2.10. The molecule has 2 aromatic rings. The molecule has 0 amide bonds. The van der Waals surface area contributed by atoms with E-state index in [4.69, 9.17) is 4.74 Å². The van der Waals surface area contributed by atoms with Crippen molar-refractivity contribution in [3.05, 3.63) is 35.7 Å². The quantitative estimate of drug-likeness (QED) is 0.764. The lowest BCUT2D eigenvalue weighted by molar-refractivity contribution is 0.0588. The minimum Gasteiger partial charge on any atom is -0.464 e. The van der Waals surface area contributed by atoms with Crippen LogP contribution in [0.25, 0.3) is 0 Å². The van der Waals surface area contributed by atoms with Gasteiger partial charge >= 0.3 is 5.97 Å². The van der Waals surface area contributed by atoms with E-state index in [2.05, 4.69) is 10.1 Å². The van der Waals surface area contributed by atoms with Crippen LogP contribution in [0.4, 0.5) is 0 Å². The summed E-state index contributed by atoms with van der Waals surface area (Å²) in [6, 6.07) is 0. The van der Waals surface area contributed by atoms with Crippen LogP contribution in [0.5, 0.6) is 0 Å². The number of carbonyl (C=O) groups excluding carboxylic acids is 1. The Hall–Kier alpha value is -2.11. The highest BCUT2D eigenvalue weighted by Gasteiger charge is 2.15. The molecule has 0 atom stereocenters. The molecule has 0 saturated heterocycles. The number of aryl methyl sites for hydroxylation is 2. The lowest BCUT2D eigenvalue weighted by Crippen LogP contribution is -2.12. The van der Waals surface area contributed by atoms with E-state index in [0.717, 1.165) is 17.9 Å². The average molecular weight is 248 g/mol. The molecule has 2 aromatic heterocycles. The molecule has 6 nitrogen and oxygen atoms in total. The molecule has 96 valence electrons. The van der Waals surface area contributed by atoms with Gasteiger partial charge in [-0.2, -0.15) is 5.10 Å². The Bertz CT molecular complexity index is 556. The largest absolute Gasteiger partial charge is 0.464 e. The second-order valence-electron chi connectivity index (χ2n) is 3.97. The van der Waals surface area contributed by atoms with Crippen molar-refractivity contribution >= 4 is 5.97 Å². The Kier molecular flexibility index (Phi) is 3.45. The van der Waals surface area contributed by atoms with Gasteiger partial charge in [-0.05, 0) is 13.8 Å². The lowest BCUT2D eigenvalue weighted by atomic mass is 10.3. The first-order valence-electron chi connectivity index (χ1n) is 5.77. The molecule has 0 saturated carbocycles. The maximum Gasteiger partial charge on any atom is 0.356 e. The molecule has 0 aromatic carbocycles. The van der Waals surface area contributed by atoms with Crippen LogP contribution < -0.4 is 0 Å². The van der Waals surface area contributed by atoms with E-state index in [1.165, 1.54) is 13.3 Å². The first kappa shape index (κ1) is 12.3. The molecule has 0 aliphatic rings. The molecular formula is C12H16N4O2. The summed E-state index contributed by atoms with van der Waals surface area (Å²) in [4.78, 5) is 15.7. The zero-order valence-electron chi connectivity index (χ0n) is 10.8. The van der Waals surface area contributed by atoms with Crippen molar-refractivity contribution in [2.75, 3.05) is 7.11 Å². The van der Waals surface area contributed by atoms with Gasteiger partial charge in [-0.1, -0.05) is 0 Å². The second kappa shape index (κ2) is 5.03. The monoisotopic (exact) mass is 248 g/mol. The van der Waals surface area contributed by atoms with Gasteiger partial charge in [-0.3, -0.25) is 4.68 Å². The normalized spacial score (nSPS) is 10.6. The molecule has 0 unspecified atom stereocenters. The number of esters is 1. The van der Waals surface area contributed by atoms with Crippen LogP contribution in [0, 0.1) is 6.92 Å². The molecular weight excluding hydrogens is 232 g/mol. The average Bonchev–Trinajstić information content (AvgIpc) is 2.97. The molecule has 6 heteroatoms. The Morgan fingerprint density at radius 2 is 2.22 bits per heavy atom. The summed E-state index contributed by atoms with van der Waals surface area (Å²) in [6.07, 6.45) is 5.29. The molecule has 0 spiro atoms. The van der Waals surface area contributed by atoms with E-state index < -0.39 is 0 Å². The number of nitrogens with zero attached hydrogens (tertiary/aromatic N) is 4. The van der Waals surface area contributed by atoms with Gasteiger partial charge in [0.25, 0.3) is 0 Å². The Morgan fingerprint density at radius 3 is 2.83 bits per heavy atom. The van der Waals surface area contributed by atoms with E-state index in [-0.39, 0.29) is 5.97 Å². The number of hydrogen-bond acceptors (Lipinski definition) is 4. The maximum atomic E-state index is 11.6.